The van der Waals surface area contributed by atoms with Gasteiger partial charge in [0.25, 0.3) is 0 Å². The van der Waals surface area contributed by atoms with Gasteiger partial charge in [-0.15, -0.1) is 0 Å². The van der Waals surface area contributed by atoms with E-state index in [0.29, 0.717) is 30.1 Å². The van der Waals surface area contributed by atoms with Crippen LogP contribution < -0.4 is 11.1 Å². The standard InChI is InChI=1S/C21H23N3O2/c1-14(2)24-13-16(18-5-3-4-6-19(18)24)9-12-20(25)23-17-10-7-15(8-11-17)21(22)26/h3-8,10-11,13-14H,9,12H2,1-2H3,(H2,22,26)(H,23,25). The first-order valence-electron chi connectivity index (χ1n) is 8.74. The second-order valence-corrected chi connectivity index (χ2v) is 6.66. The molecule has 0 atom stereocenters. The first kappa shape index (κ1) is 17.7. The Morgan fingerprint density at radius 3 is 2.42 bits per heavy atom. The lowest BCUT2D eigenvalue weighted by molar-refractivity contribution is -0.116. The number of benzene rings is 2. The number of rotatable bonds is 6. The Kier molecular flexibility index (Phi) is 5.07. The molecule has 0 aliphatic rings. The van der Waals surface area contributed by atoms with E-state index in [-0.39, 0.29) is 5.91 Å². The van der Waals surface area contributed by atoms with Crippen molar-refractivity contribution in [3.8, 4) is 0 Å². The first-order chi connectivity index (χ1) is 12.5. The van der Waals surface area contributed by atoms with E-state index in [4.69, 9.17) is 5.73 Å². The van der Waals surface area contributed by atoms with Crippen molar-refractivity contribution < 1.29 is 9.59 Å². The highest BCUT2D eigenvalue weighted by Gasteiger charge is 2.12. The van der Waals surface area contributed by atoms with Gasteiger partial charge in [0.2, 0.25) is 11.8 Å². The minimum atomic E-state index is -0.482. The third-order valence-electron chi connectivity index (χ3n) is 4.45. The average Bonchev–Trinajstić information content (AvgIpc) is 2.99. The van der Waals surface area contributed by atoms with E-state index in [0.717, 1.165) is 0 Å². The summed E-state index contributed by atoms with van der Waals surface area (Å²) in [6.07, 6.45) is 3.21. The number of nitrogens with one attached hydrogen (secondary N) is 1. The summed E-state index contributed by atoms with van der Waals surface area (Å²) >= 11 is 0. The van der Waals surface area contributed by atoms with Crippen molar-refractivity contribution in [3.63, 3.8) is 0 Å². The third-order valence-corrected chi connectivity index (χ3v) is 4.45. The highest BCUT2D eigenvalue weighted by Crippen LogP contribution is 2.25. The smallest absolute Gasteiger partial charge is 0.248 e. The maximum absolute atomic E-state index is 12.3. The molecule has 0 saturated heterocycles. The number of aryl methyl sites for hydroxylation is 1. The summed E-state index contributed by atoms with van der Waals surface area (Å²) < 4.78 is 2.24. The number of hydrogen-bond donors (Lipinski definition) is 2. The molecule has 26 heavy (non-hydrogen) atoms. The normalized spacial score (nSPS) is 11.0. The highest BCUT2D eigenvalue weighted by molar-refractivity contribution is 5.95. The van der Waals surface area contributed by atoms with E-state index >= 15 is 0 Å². The molecule has 0 saturated carbocycles. The lowest BCUT2D eigenvalue weighted by atomic mass is 10.1. The van der Waals surface area contributed by atoms with Crippen molar-refractivity contribution in [2.75, 3.05) is 5.32 Å². The van der Waals surface area contributed by atoms with Gasteiger partial charge in [0.15, 0.2) is 0 Å². The number of para-hydroxylation sites is 1. The van der Waals surface area contributed by atoms with Crippen LogP contribution in [-0.2, 0) is 11.2 Å². The van der Waals surface area contributed by atoms with Crippen LogP contribution in [0.15, 0.2) is 54.7 Å². The van der Waals surface area contributed by atoms with Gasteiger partial charge in [-0.2, -0.15) is 0 Å². The van der Waals surface area contributed by atoms with E-state index in [2.05, 4.69) is 42.1 Å². The van der Waals surface area contributed by atoms with Crippen molar-refractivity contribution in [1.29, 1.82) is 0 Å². The molecule has 2 aromatic carbocycles. The Balaban J connectivity index is 1.68. The van der Waals surface area contributed by atoms with Gasteiger partial charge in [-0.1, -0.05) is 18.2 Å². The van der Waals surface area contributed by atoms with Gasteiger partial charge in [-0.05, 0) is 56.2 Å². The SMILES string of the molecule is CC(C)n1cc(CCC(=O)Nc2ccc(C(N)=O)cc2)c2ccccc21. The van der Waals surface area contributed by atoms with Gasteiger partial charge >= 0.3 is 0 Å². The summed E-state index contributed by atoms with van der Waals surface area (Å²) in [4.78, 5) is 23.4. The Bertz CT molecular complexity index is 940. The van der Waals surface area contributed by atoms with Gasteiger partial charge in [0.05, 0.1) is 0 Å². The molecule has 3 aromatic rings. The predicted octanol–water partition coefficient (Wildman–Crippen LogP) is 3.89. The second kappa shape index (κ2) is 7.44. The monoisotopic (exact) mass is 349 g/mol. The maximum Gasteiger partial charge on any atom is 0.248 e. The number of carbonyl (C=O) groups excluding carboxylic acids is 2. The van der Waals surface area contributed by atoms with Crippen LogP contribution in [-0.4, -0.2) is 16.4 Å². The summed E-state index contributed by atoms with van der Waals surface area (Å²) in [5, 5.41) is 4.05. The van der Waals surface area contributed by atoms with Crippen LogP contribution >= 0.6 is 0 Å². The van der Waals surface area contributed by atoms with Gasteiger partial charge < -0.3 is 15.6 Å². The van der Waals surface area contributed by atoms with Gasteiger partial charge in [0.1, 0.15) is 0 Å². The number of carbonyl (C=O) groups is 2. The number of primary amides is 1. The molecule has 2 amide bonds. The first-order valence-corrected chi connectivity index (χ1v) is 8.74. The lowest BCUT2D eigenvalue weighted by Crippen LogP contribution is -2.13. The summed E-state index contributed by atoms with van der Waals surface area (Å²) in [6, 6.07) is 15.2. The van der Waals surface area contributed by atoms with Crippen molar-refractivity contribution in [1.82, 2.24) is 4.57 Å². The maximum atomic E-state index is 12.3. The molecule has 0 bridgehead atoms. The topological polar surface area (TPSA) is 77.1 Å². The van der Waals surface area contributed by atoms with Crippen LogP contribution in [0.5, 0.6) is 0 Å². The quantitative estimate of drug-likeness (QED) is 0.708. The number of anilines is 1. The molecule has 5 nitrogen and oxygen atoms in total. The van der Waals surface area contributed by atoms with Crippen LogP contribution in [0.2, 0.25) is 0 Å². The summed E-state index contributed by atoms with van der Waals surface area (Å²) in [7, 11) is 0. The number of nitrogens with two attached hydrogens (primary N) is 1. The fraction of sp³-hybridized carbons (Fsp3) is 0.238. The zero-order chi connectivity index (χ0) is 18.7. The Labute approximate surface area is 152 Å². The van der Waals surface area contributed by atoms with E-state index in [1.807, 2.05) is 12.1 Å². The average molecular weight is 349 g/mol. The zero-order valence-electron chi connectivity index (χ0n) is 15.0. The van der Waals surface area contributed by atoms with Crippen LogP contribution in [0, 0.1) is 0 Å². The fourth-order valence-electron chi connectivity index (χ4n) is 3.09. The van der Waals surface area contributed by atoms with Gasteiger partial charge in [-0.25, -0.2) is 0 Å². The Hall–Kier alpha value is -3.08. The third kappa shape index (κ3) is 3.77. The van der Waals surface area contributed by atoms with Crippen molar-refractivity contribution >= 4 is 28.4 Å². The molecular formula is C21H23N3O2. The minimum Gasteiger partial charge on any atom is -0.366 e. The second-order valence-electron chi connectivity index (χ2n) is 6.66. The van der Waals surface area contributed by atoms with Gasteiger partial charge in [0, 0.05) is 40.8 Å². The number of nitrogens with zero attached hydrogens (tertiary/aromatic N) is 1. The van der Waals surface area contributed by atoms with Crippen LogP contribution in [0.3, 0.4) is 0 Å². The van der Waals surface area contributed by atoms with Crippen LogP contribution in [0.1, 0.15) is 42.2 Å². The molecule has 1 aromatic heterocycles. The Morgan fingerprint density at radius 1 is 1.08 bits per heavy atom. The summed E-state index contributed by atoms with van der Waals surface area (Å²) in [5.41, 5.74) is 8.66. The minimum absolute atomic E-state index is 0.0572. The molecule has 3 N–H and O–H groups in total. The van der Waals surface area contributed by atoms with E-state index in [1.165, 1.54) is 16.5 Å². The highest BCUT2D eigenvalue weighted by atomic mass is 16.1. The largest absolute Gasteiger partial charge is 0.366 e. The van der Waals surface area contributed by atoms with Crippen molar-refractivity contribution in [3.05, 3.63) is 65.9 Å². The molecule has 0 fully saturated rings. The van der Waals surface area contributed by atoms with Crippen LogP contribution in [0.25, 0.3) is 10.9 Å². The summed E-state index contributed by atoms with van der Waals surface area (Å²) in [5.74, 6) is -0.539. The molecule has 0 unspecified atom stereocenters. The molecule has 5 heteroatoms. The number of fused-ring (bicyclic) bond motifs is 1. The molecule has 0 aliphatic heterocycles. The summed E-state index contributed by atoms with van der Waals surface area (Å²) in [6.45, 7) is 4.30. The molecule has 134 valence electrons. The number of aromatic nitrogens is 1. The van der Waals surface area contributed by atoms with E-state index < -0.39 is 5.91 Å². The molecule has 3 rings (SSSR count). The van der Waals surface area contributed by atoms with Crippen molar-refractivity contribution in [2.24, 2.45) is 5.73 Å². The molecule has 0 radical (unpaired) electrons. The number of amides is 2. The predicted molar refractivity (Wildman–Crippen MR) is 104 cm³/mol. The number of hydrogen-bond acceptors (Lipinski definition) is 2. The molecular weight excluding hydrogens is 326 g/mol. The van der Waals surface area contributed by atoms with E-state index in [1.54, 1.807) is 24.3 Å². The molecule has 0 spiro atoms. The Morgan fingerprint density at radius 2 is 1.77 bits per heavy atom. The van der Waals surface area contributed by atoms with E-state index in [9.17, 15) is 9.59 Å². The van der Waals surface area contributed by atoms with Crippen LogP contribution in [0.4, 0.5) is 5.69 Å². The fourth-order valence-corrected chi connectivity index (χ4v) is 3.09. The zero-order valence-corrected chi connectivity index (χ0v) is 15.0. The molecule has 0 aliphatic carbocycles. The van der Waals surface area contributed by atoms with Gasteiger partial charge in [-0.3, -0.25) is 9.59 Å². The van der Waals surface area contributed by atoms with Crippen molar-refractivity contribution in [2.45, 2.75) is 32.7 Å². The lowest BCUT2D eigenvalue weighted by Gasteiger charge is -2.08. The molecule has 1 heterocycles.